The normalized spacial score (nSPS) is 26.3. The van der Waals surface area contributed by atoms with Gasteiger partial charge < -0.3 is 5.73 Å². The molecule has 1 aromatic rings. The molecule has 2 heteroatoms. The van der Waals surface area contributed by atoms with E-state index in [4.69, 9.17) is 12.3 Å². The van der Waals surface area contributed by atoms with Crippen LogP contribution in [0, 0.1) is 6.57 Å². The summed E-state index contributed by atoms with van der Waals surface area (Å²) in [6.45, 7) is 6.78. The zero-order valence-corrected chi connectivity index (χ0v) is 6.70. The first kappa shape index (κ1) is 7.33. The SMILES string of the molecule is [C-]#[N+]c1ccc(C2CC2N)cc1. The third-order valence-electron chi connectivity index (χ3n) is 2.29. The minimum atomic E-state index is 0.351. The second-order valence-corrected chi connectivity index (χ2v) is 3.21. The lowest BCUT2D eigenvalue weighted by Gasteiger charge is -1.96. The van der Waals surface area contributed by atoms with E-state index in [1.54, 1.807) is 0 Å². The molecule has 0 aliphatic heterocycles. The van der Waals surface area contributed by atoms with Crippen LogP contribution in [0.5, 0.6) is 0 Å². The van der Waals surface area contributed by atoms with Crippen molar-refractivity contribution in [3.63, 3.8) is 0 Å². The molecule has 0 aromatic heterocycles. The smallest absolute Gasteiger partial charge is 0.187 e. The van der Waals surface area contributed by atoms with Crippen LogP contribution in [0.1, 0.15) is 17.9 Å². The summed E-state index contributed by atoms with van der Waals surface area (Å²) >= 11 is 0. The Kier molecular flexibility index (Phi) is 1.60. The van der Waals surface area contributed by atoms with Gasteiger partial charge in [0, 0.05) is 12.0 Å². The first-order valence-electron chi connectivity index (χ1n) is 4.04. The highest BCUT2D eigenvalue weighted by atomic mass is 14.7. The Morgan fingerprint density at radius 2 is 1.92 bits per heavy atom. The molecule has 0 amide bonds. The molecule has 1 aliphatic carbocycles. The van der Waals surface area contributed by atoms with E-state index in [9.17, 15) is 0 Å². The molecule has 0 spiro atoms. The van der Waals surface area contributed by atoms with E-state index >= 15 is 0 Å². The summed E-state index contributed by atoms with van der Waals surface area (Å²) in [6, 6.07) is 8.07. The van der Waals surface area contributed by atoms with Gasteiger partial charge in [0.05, 0.1) is 6.57 Å². The maximum Gasteiger partial charge on any atom is 0.187 e. The van der Waals surface area contributed by atoms with Crippen LogP contribution in [0.3, 0.4) is 0 Å². The Bertz CT molecular complexity index is 321. The third kappa shape index (κ3) is 1.19. The minimum Gasteiger partial charge on any atom is -0.327 e. The summed E-state index contributed by atoms with van der Waals surface area (Å²) in [5, 5.41) is 0. The molecule has 2 N–H and O–H groups in total. The molecule has 0 bridgehead atoms. The molecule has 2 rings (SSSR count). The highest BCUT2D eigenvalue weighted by Gasteiger charge is 2.34. The van der Waals surface area contributed by atoms with Gasteiger partial charge in [0.1, 0.15) is 0 Å². The predicted molar refractivity (Wildman–Crippen MR) is 48.0 cm³/mol. The Labute approximate surface area is 71.8 Å². The van der Waals surface area contributed by atoms with E-state index in [-0.39, 0.29) is 0 Å². The summed E-state index contributed by atoms with van der Waals surface area (Å²) < 4.78 is 0. The number of nitrogens with zero attached hydrogens (tertiary/aromatic N) is 1. The van der Waals surface area contributed by atoms with Crippen molar-refractivity contribution < 1.29 is 0 Å². The van der Waals surface area contributed by atoms with Gasteiger partial charge >= 0.3 is 0 Å². The fraction of sp³-hybridized carbons (Fsp3) is 0.300. The summed E-state index contributed by atoms with van der Waals surface area (Å²) in [5.41, 5.74) is 7.68. The van der Waals surface area contributed by atoms with Crippen molar-refractivity contribution in [2.45, 2.75) is 18.4 Å². The second-order valence-electron chi connectivity index (χ2n) is 3.21. The van der Waals surface area contributed by atoms with Crippen LogP contribution in [-0.2, 0) is 0 Å². The Balaban J connectivity index is 2.21. The molecular formula is C10H10N2. The van der Waals surface area contributed by atoms with Gasteiger partial charge in [-0.1, -0.05) is 24.3 Å². The monoisotopic (exact) mass is 158 g/mol. The minimum absolute atomic E-state index is 0.351. The second kappa shape index (κ2) is 2.62. The summed E-state index contributed by atoms with van der Waals surface area (Å²) in [5.74, 6) is 0.546. The molecule has 0 radical (unpaired) electrons. The lowest BCUT2D eigenvalue weighted by Crippen LogP contribution is -2.00. The molecule has 1 aliphatic rings. The number of hydrogen-bond acceptors (Lipinski definition) is 1. The van der Waals surface area contributed by atoms with Gasteiger partial charge in [0.2, 0.25) is 0 Å². The predicted octanol–water partition coefficient (Wildman–Crippen LogP) is 2.05. The standard InChI is InChI=1S/C10H10N2/c1-12-8-4-2-7(3-5-8)9-6-10(9)11/h2-5,9-10H,6,11H2. The van der Waals surface area contributed by atoms with Crippen molar-refractivity contribution in [3.05, 3.63) is 41.2 Å². The lowest BCUT2D eigenvalue weighted by molar-refractivity contribution is 0.991. The Morgan fingerprint density at radius 3 is 2.33 bits per heavy atom. The molecular weight excluding hydrogens is 148 g/mol. The molecule has 0 saturated heterocycles. The number of hydrogen-bond donors (Lipinski definition) is 1. The molecule has 0 heterocycles. The average molecular weight is 158 g/mol. The summed E-state index contributed by atoms with van der Waals surface area (Å²) in [6.07, 6.45) is 1.09. The van der Waals surface area contributed by atoms with E-state index in [0.29, 0.717) is 17.6 Å². The first-order valence-corrected chi connectivity index (χ1v) is 4.04. The molecule has 60 valence electrons. The zero-order chi connectivity index (χ0) is 8.55. The van der Waals surface area contributed by atoms with E-state index < -0.39 is 0 Å². The van der Waals surface area contributed by atoms with Crippen molar-refractivity contribution in [2.24, 2.45) is 5.73 Å². The van der Waals surface area contributed by atoms with Crippen molar-refractivity contribution in [1.29, 1.82) is 0 Å². The number of benzene rings is 1. The fourth-order valence-corrected chi connectivity index (χ4v) is 1.39. The van der Waals surface area contributed by atoms with E-state index in [1.165, 1.54) is 5.56 Å². The molecule has 2 unspecified atom stereocenters. The fourth-order valence-electron chi connectivity index (χ4n) is 1.39. The average Bonchev–Trinajstić information content (AvgIpc) is 2.83. The van der Waals surface area contributed by atoms with Crippen LogP contribution in [0.4, 0.5) is 5.69 Å². The van der Waals surface area contributed by atoms with Crippen LogP contribution >= 0.6 is 0 Å². The van der Waals surface area contributed by atoms with Crippen LogP contribution in [-0.4, -0.2) is 6.04 Å². The van der Waals surface area contributed by atoms with Crippen molar-refractivity contribution in [1.82, 2.24) is 0 Å². The van der Waals surface area contributed by atoms with Crippen LogP contribution < -0.4 is 5.73 Å². The van der Waals surface area contributed by atoms with Crippen LogP contribution in [0.2, 0.25) is 0 Å². The van der Waals surface area contributed by atoms with Crippen molar-refractivity contribution in [3.8, 4) is 0 Å². The van der Waals surface area contributed by atoms with E-state index in [1.807, 2.05) is 24.3 Å². The van der Waals surface area contributed by atoms with Crippen molar-refractivity contribution in [2.75, 3.05) is 0 Å². The molecule has 1 saturated carbocycles. The molecule has 2 atom stereocenters. The third-order valence-corrected chi connectivity index (χ3v) is 2.29. The number of nitrogens with two attached hydrogens (primary N) is 1. The van der Waals surface area contributed by atoms with Gasteiger partial charge in [-0.25, -0.2) is 4.85 Å². The molecule has 1 fully saturated rings. The molecule has 12 heavy (non-hydrogen) atoms. The first-order chi connectivity index (χ1) is 5.81. The highest BCUT2D eigenvalue weighted by molar-refractivity contribution is 5.46. The summed E-state index contributed by atoms with van der Waals surface area (Å²) in [4.78, 5) is 3.33. The van der Waals surface area contributed by atoms with Gasteiger partial charge in [0.15, 0.2) is 5.69 Å². The maximum absolute atomic E-state index is 6.78. The van der Waals surface area contributed by atoms with Crippen molar-refractivity contribution >= 4 is 5.69 Å². The lowest BCUT2D eigenvalue weighted by atomic mass is 10.1. The maximum atomic E-state index is 6.78. The van der Waals surface area contributed by atoms with Gasteiger partial charge in [-0.3, -0.25) is 0 Å². The van der Waals surface area contributed by atoms with Gasteiger partial charge in [-0.05, 0) is 12.0 Å². The summed E-state index contributed by atoms with van der Waals surface area (Å²) in [7, 11) is 0. The van der Waals surface area contributed by atoms with Gasteiger partial charge in [-0.2, -0.15) is 0 Å². The van der Waals surface area contributed by atoms with Gasteiger partial charge in [-0.15, -0.1) is 0 Å². The van der Waals surface area contributed by atoms with E-state index in [0.717, 1.165) is 6.42 Å². The van der Waals surface area contributed by atoms with Crippen LogP contribution in [0.25, 0.3) is 4.85 Å². The Hall–Kier alpha value is -1.33. The van der Waals surface area contributed by atoms with Crippen LogP contribution in [0.15, 0.2) is 24.3 Å². The van der Waals surface area contributed by atoms with E-state index in [2.05, 4.69) is 4.85 Å². The van der Waals surface area contributed by atoms with Gasteiger partial charge in [0.25, 0.3) is 0 Å². The topological polar surface area (TPSA) is 30.4 Å². The highest BCUT2D eigenvalue weighted by Crippen LogP contribution is 2.39. The molecule has 1 aromatic carbocycles. The molecule has 2 nitrogen and oxygen atoms in total. The zero-order valence-electron chi connectivity index (χ0n) is 6.70. The quantitative estimate of drug-likeness (QED) is 0.623. The Morgan fingerprint density at radius 1 is 1.33 bits per heavy atom. The largest absolute Gasteiger partial charge is 0.327 e. The number of rotatable bonds is 1.